The maximum atomic E-state index is 13.3. The highest BCUT2D eigenvalue weighted by atomic mass is 35.5. The van der Waals surface area contributed by atoms with Crippen LogP contribution in [0.5, 0.6) is 5.75 Å². The predicted octanol–water partition coefficient (Wildman–Crippen LogP) is 6.85. The molecule has 0 aromatic heterocycles. The van der Waals surface area contributed by atoms with Gasteiger partial charge >= 0.3 is 6.18 Å². The lowest BCUT2D eigenvalue weighted by molar-refractivity contribution is -0.0620. The van der Waals surface area contributed by atoms with Crippen molar-refractivity contribution in [2.75, 3.05) is 23.0 Å². The highest BCUT2D eigenvalue weighted by Gasteiger charge is 2.47. The maximum Gasteiger partial charge on any atom is 0.431 e. The van der Waals surface area contributed by atoms with Crippen molar-refractivity contribution in [1.82, 2.24) is 0 Å². The quantitative estimate of drug-likeness (QED) is 0.469. The molecule has 2 aliphatic rings. The number of aryl methyl sites for hydroxylation is 1. The van der Waals surface area contributed by atoms with Crippen LogP contribution in [0.2, 0.25) is 5.02 Å². The lowest BCUT2D eigenvalue weighted by atomic mass is 9.95. The summed E-state index contributed by atoms with van der Waals surface area (Å²) in [5, 5.41) is 6.19. The standard InChI is InChI=1S/C25H29ClF3N3O/c1-4-22-17(3)24(25(27,28)29)30-32(22)18-6-8-19(9-7-18)33-20-11-13-31(14-12-20)23-15-16(2)5-10-21(23)26/h5-10,15,17,20,22H,4,11-14H2,1-3H3/t17?,22-/m0/s1. The van der Waals surface area contributed by atoms with Crippen LogP contribution in [0.25, 0.3) is 0 Å². The molecule has 2 atom stereocenters. The van der Waals surface area contributed by atoms with Crippen LogP contribution in [0.15, 0.2) is 47.6 Å². The van der Waals surface area contributed by atoms with Gasteiger partial charge in [0.25, 0.3) is 0 Å². The molecule has 2 aromatic rings. The van der Waals surface area contributed by atoms with Gasteiger partial charge in [0, 0.05) is 31.8 Å². The van der Waals surface area contributed by atoms with E-state index in [0.717, 1.165) is 36.6 Å². The lowest BCUT2D eigenvalue weighted by Crippen LogP contribution is -2.38. The summed E-state index contributed by atoms with van der Waals surface area (Å²) < 4.78 is 46.1. The summed E-state index contributed by atoms with van der Waals surface area (Å²) in [6, 6.07) is 12.9. The molecule has 4 rings (SSSR count). The molecule has 178 valence electrons. The molecule has 2 heterocycles. The first-order chi connectivity index (χ1) is 15.7. The maximum absolute atomic E-state index is 13.3. The molecule has 1 unspecified atom stereocenters. The van der Waals surface area contributed by atoms with Crippen molar-refractivity contribution in [2.24, 2.45) is 11.0 Å². The van der Waals surface area contributed by atoms with E-state index in [1.807, 2.05) is 31.2 Å². The second-order valence-corrected chi connectivity index (χ2v) is 9.25. The Morgan fingerprint density at radius 1 is 1.09 bits per heavy atom. The minimum absolute atomic E-state index is 0.0840. The van der Waals surface area contributed by atoms with Crippen LogP contribution in [0.4, 0.5) is 24.5 Å². The van der Waals surface area contributed by atoms with Gasteiger partial charge in [0.15, 0.2) is 0 Å². The molecule has 2 aliphatic heterocycles. The third kappa shape index (κ3) is 5.08. The first-order valence-electron chi connectivity index (χ1n) is 11.4. The zero-order valence-corrected chi connectivity index (χ0v) is 19.8. The number of halogens is 4. The third-order valence-electron chi connectivity index (χ3n) is 6.54. The molecule has 0 saturated carbocycles. The molecule has 0 radical (unpaired) electrons. The first kappa shape index (κ1) is 23.7. The molecule has 8 heteroatoms. The Labute approximate surface area is 198 Å². The molecule has 1 saturated heterocycles. The number of hydrogen-bond acceptors (Lipinski definition) is 4. The summed E-state index contributed by atoms with van der Waals surface area (Å²) in [5.74, 6) is 0.0455. The Kier molecular flexibility index (Phi) is 6.80. The average Bonchev–Trinajstić information content (AvgIpc) is 3.13. The Morgan fingerprint density at radius 2 is 1.76 bits per heavy atom. The molecule has 0 bridgehead atoms. The van der Waals surface area contributed by atoms with Gasteiger partial charge in [0.05, 0.1) is 22.4 Å². The van der Waals surface area contributed by atoms with Gasteiger partial charge in [-0.15, -0.1) is 0 Å². The highest BCUT2D eigenvalue weighted by molar-refractivity contribution is 6.33. The van der Waals surface area contributed by atoms with E-state index in [0.29, 0.717) is 17.9 Å². The van der Waals surface area contributed by atoms with E-state index in [9.17, 15) is 13.2 Å². The highest BCUT2D eigenvalue weighted by Crippen LogP contribution is 2.37. The zero-order chi connectivity index (χ0) is 23.8. The molecule has 2 aromatic carbocycles. The van der Waals surface area contributed by atoms with E-state index >= 15 is 0 Å². The van der Waals surface area contributed by atoms with Gasteiger partial charge in [0.2, 0.25) is 0 Å². The topological polar surface area (TPSA) is 28.1 Å². The number of hydrazone groups is 1. The number of piperidine rings is 1. The molecule has 0 spiro atoms. The minimum Gasteiger partial charge on any atom is -0.490 e. The van der Waals surface area contributed by atoms with Crippen molar-refractivity contribution in [1.29, 1.82) is 0 Å². The number of anilines is 2. The molecule has 0 aliphatic carbocycles. The first-order valence-corrected chi connectivity index (χ1v) is 11.8. The number of hydrogen-bond donors (Lipinski definition) is 0. The van der Waals surface area contributed by atoms with Crippen molar-refractivity contribution in [3.05, 3.63) is 53.1 Å². The van der Waals surface area contributed by atoms with E-state index in [4.69, 9.17) is 16.3 Å². The van der Waals surface area contributed by atoms with Crippen molar-refractivity contribution in [2.45, 2.75) is 58.4 Å². The van der Waals surface area contributed by atoms with Gasteiger partial charge in [-0.1, -0.05) is 31.5 Å². The average molecular weight is 480 g/mol. The van der Waals surface area contributed by atoms with Gasteiger partial charge in [-0.2, -0.15) is 18.3 Å². The number of benzene rings is 2. The summed E-state index contributed by atoms with van der Waals surface area (Å²) >= 11 is 6.38. The predicted molar refractivity (Wildman–Crippen MR) is 128 cm³/mol. The smallest absolute Gasteiger partial charge is 0.431 e. The van der Waals surface area contributed by atoms with Gasteiger partial charge < -0.3 is 9.64 Å². The Morgan fingerprint density at radius 3 is 2.36 bits per heavy atom. The summed E-state index contributed by atoms with van der Waals surface area (Å²) in [6.07, 6.45) is -2.02. The SMILES string of the molecule is CC[C@H]1C(C)C(C(F)(F)F)=NN1c1ccc(OC2CCN(c3cc(C)ccc3Cl)CC2)cc1. The zero-order valence-electron chi connectivity index (χ0n) is 19.1. The van der Waals surface area contributed by atoms with Crippen LogP contribution < -0.4 is 14.6 Å². The van der Waals surface area contributed by atoms with Crippen LogP contribution in [-0.4, -0.2) is 37.1 Å². The Hall–Kier alpha value is -2.41. The second-order valence-electron chi connectivity index (χ2n) is 8.84. The van der Waals surface area contributed by atoms with Gasteiger partial charge in [-0.05, 0) is 55.3 Å². The van der Waals surface area contributed by atoms with Crippen LogP contribution in [-0.2, 0) is 0 Å². The fraction of sp³-hybridized carbons (Fsp3) is 0.480. The fourth-order valence-electron chi connectivity index (χ4n) is 4.72. The molecular weight excluding hydrogens is 451 g/mol. The van der Waals surface area contributed by atoms with Gasteiger partial charge in [-0.3, -0.25) is 5.01 Å². The van der Waals surface area contributed by atoms with E-state index < -0.39 is 17.8 Å². The third-order valence-corrected chi connectivity index (χ3v) is 6.85. The molecule has 1 fully saturated rings. The van der Waals surface area contributed by atoms with Crippen molar-refractivity contribution in [3.63, 3.8) is 0 Å². The molecule has 0 amide bonds. The number of nitrogens with zero attached hydrogens (tertiary/aromatic N) is 3. The summed E-state index contributed by atoms with van der Waals surface area (Å²) in [5.41, 5.74) is 2.17. The van der Waals surface area contributed by atoms with Crippen LogP contribution >= 0.6 is 11.6 Å². The fourth-order valence-corrected chi connectivity index (χ4v) is 4.95. The summed E-state index contributed by atoms with van der Waals surface area (Å²) in [6.45, 7) is 7.24. The Balaban J connectivity index is 1.39. The largest absolute Gasteiger partial charge is 0.490 e. The van der Waals surface area contributed by atoms with E-state index in [1.165, 1.54) is 10.6 Å². The van der Waals surface area contributed by atoms with Crippen molar-refractivity contribution < 1.29 is 17.9 Å². The van der Waals surface area contributed by atoms with Crippen LogP contribution in [0, 0.1) is 12.8 Å². The van der Waals surface area contributed by atoms with Crippen LogP contribution in [0.3, 0.4) is 0 Å². The molecular formula is C25H29ClF3N3O. The van der Waals surface area contributed by atoms with Crippen LogP contribution in [0.1, 0.15) is 38.7 Å². The number of alkyl halides is 3. The van der Waals surface area contributed by atoms with Crippen molar-refractivity contribution >= 4 is 28.7 Å². The van der Waals surface area contributed by atoms with Gasteiger partial charge in [0.1, 0.15) is 17.6 Å². The molecule has 33 heavy (non-hydrogen) atoms. The normalized spacial score (nSPS) is 22.0. The molecule has 4 nitrogen and oxygen atoms in total. The lowest BCUT2D eigenvalue weighted by Gasteiger charge is -2.34. The van der Waals surface area contributed by atoms with E-state index in [1.54, 1.807) is 19.1 Å². The van der Waals surface area contributed by atoms with Crippen molar-refractivity contribution in [3.8, 4) is 5.75 Å². The second kappa shape index (κ2) is 9.45. The van der Waals surface area contributed by atoms with E-state index in [2.05, 4.69) is 23.0 Å². The van der Waals surface area contributed by atoms with E-state index in [-0.39, 0.29) is 12.1 Å². The molecule has 0 N–H and O–H groups in total. The summed E-state index contributed by atoms with van der Waals surface area (Å²) in [4.78, 5) is 2.29. The number of ether oxygens (including phenoxy) is 1. The minimum atomic E-state index is -4.41. The van der Waals surface area contributed by atoms with Gasteiger partial charge in [-0.25, -0.2) is 0 Å². The number of rotatable bonds is 5. The summed E-state index contributed by atoms with van der Waals surface area (Å²) in [7, 11) is 0. The monoisotopic (exact) mass is 479 g/mol. The Bertz CT molecular complexity index is 1000.